The van der Waals surface area contributed by atoms with Crippen LogP contribution in [0.2, 0.25) is 0 Å². The number of hydrogen-bond donors (Lipinski definition) is 2. The lowest BCUT2D eigenvalue weighted by Gasteiger charge is -2.11. The van der Waals surface area contributed by atoms with Crippen molar-refractivity contribution in [2.24, 2.45) is 0 Å². The lowest BCUT2D eigenvalue weighted by molar-refractivity contribution is -0.118. The molecule has 5 heteroatoms. The van der Waals surface area contributed by atoms with Crippen molar-refractivity contribution < 1.29 is 19.4 Å². The number of nitrogens with one attached hydrogen (secondary N) is 1. The first-order valence-corrected chi connectivity index (χ1v) is 6.48. The number of methoxy groups -OCH3 is 1. The Morgan fingerprint density at radius 3 is 2.62 bits per heavy atom. The zero-order chi connectivity index (χ0) is 15.1. The SMILES string of the molecule is COc1ccc(CO)c(OCC(=O)Nc2ccccc2)c1. The van der Waals surface area contributed by atoms with Crippen molar-refractivity contribution in [2.45, 2.75) is 6.61 Å². The highest BCUT2D eigenvalue weighted by atomic mass is 16.5. The fourth-order valence-corrected chi connectivity index (χ4v) is 1.79. The Morgan fingerprint density at radius 1 is 1.19 bits per heavy atom. The molecule has 0 saturated carbocycles. The predicted molar refractivity (Wildman–Crippen MR) is 79.5 cm³/mol. The Hall–Kier alpha value is -2.53. The molecule has 0 saturated heterocycles. The molecule has 21 heavy (non-hydrogen) atoms. The zero-order valence-corrected chi connectivity index (χ0v) is 11.7. The van der Waals surface area contributed by atoms with Crippen LogP contribution in [0.1, 0.15) is 5.56 Å². The number of carbonyl (C=O) groups excluding carboxylic acids is 1. The lowest BCUT2D eigenvalue weighted by Crippen LogP contribution is -2.20. The van der Waals surface area contributed by atoms with Crippen LogP contribution in [0.5, 0.6) is 11.5 Å². The molecule has 2 aromatic carbocycles. The highest BCUT2D eigenvalue weighted by Gasteiger charge is 2.08. The van der Waals surface area contributed by atoms with Crippen LogP contribution in [-0.4, -0.2) is 24.7 Å². The van der Waals surface area contributed by atoms with Crippen LogP contribution < -0.4 is 14.8 Å². The van der Waals surface area contributed by atoms with Crippen LogP contribution in [0.4, 0.5) is 5.69 Å². The van der Waals surface area contributed by atoms with Gasteiger partial charge in [0.05, 0.1) is 13.7 Å². The summed E-state index contributed by atoms with van der Waals surface area (Å²) in [6.07, 6.45) is 0. The van der Waals surface area contributed by atoms with Crippen LogP contribution in [0.15, 0.2) is 48.5 Å². The molecular weight excluding hydrogens is 270 g/mol. The van der Waals surface area contributed by atoms with Crippen LogP contribution in [0, 0.1) is 0 Å². The third kappa shape index (κ3) is 4.22. The molecule has 0 bridgehead atoms. The maximum atomic E-state index is 11.8. The van der Waals surface area contributed by atoms with Gasteiger partial charge in [0, 0.05) is 17.3 Å². The summed E-state index contributed by atoms with van der Waals surface area (Å²) in [5.41, 5.74) is 1.31. The monoisotopic (exact) mass is 287 g/mol. The van der Waals surface area contributed by atoms with Crippen molar-refractivity contribution in [1.82, 2.24) is 0 Å². The van der Waals surface area contributed by atoms with Gasteiger partial charge in [-0.25, -0.2) is 0 Å². The van der Waals surface area contributed by atoms with Gasteiger partial charge in [0.2, 0.25) is 0 Å². The van der Waals surface area contributed by atoms with E-state index in [4.69, 9.17) is 9.47 Å². The second-order valence-electron chi connectivity index (χ2n) is 4.33. The summed E-state index contributed by atoms with van der Waals surface area (Å²) < 4.78 is 10.5. The standard InChI is InChI=1S/C16H17NO4/c1-20-14-8-7-12(10-18)15(9-14)21-11-16(19)17-13-5-3-2-4-6-13/h2-9,18H,10-11H2,1H3,(H,17,19). The molecule has 2 N–H and O–H groups in total. The third-order valence-corrected chi connectivity index (χ3v) is 2.86. The van der Waals surface area contributed by atoms with E-state index in [9.17, 15) is 9.90 Å². The Bertz CT molecular complexity index is 598. The summed E-state index contributed by atoms with van der Waals surface area (Å²) in [5.74, 6) is 0.763. The maximum absolute atomic E-state index is 11.8. The Labute approximate surface area is 123 Å². The van der Waals surface area contributed by atoms with Gasteiger partial charge in [-0.15, -0.1) is 0 Å². The number of aliphatic hydroxyl groups is 1. The number of benzene rings is 2. The number of rotatable bonds is 6. The van der Waals surface area contributed by atoms with E-state index >= 15 is 0 Å². The summed E-state index contributed by atoms with van der Waals surface area (Å²) in [7, 11) is 1.54. The highest BCUT2D eigenvalue weighted by molar-refractivity contribution is 5.91. The molecular formula is C16H17NO4. The van der Waals surface area contributed by atoms with Crippen molar-refractivity contribution in [3.05, 3.63) is 54.1 Å². The zero-order valence-electron chi connectivity index (χ0n) is 11.7. The first kappa shape index (κ1) is 14.9. The van der Waals surface area contributed by atoms with E-state index in [1.807, 2.05) is 18.2 Å². The van der Waals surface area contributed by atoms with E-state index in [1.54, 1.807) is 37.4 Å². The molecule has 110 valence electrons. The first-order chi connectivity index (χ1) is 10.2. The van der Waals surface area contributed by atoms with Crippen molar-refractivity contribution in [1.29, 1.82) is 0 Å². The lowest BCUT2D eigenvalue weighted by atomic mass is 10.2. The molecule has 0 radical (unpaired) electrons. The van der Waals surface area contributed by atoms with E-state index in [-0.39, 0.29) is 19.1 Å². The molecule has 0 aliphatic heterocycles. The highest BCUT2D eigenvalue weighted by Crippen LogP contribution is 2.24. The summed E-state index contributed by atoms with van der Waals surface area (Å²) >= 11 is 0. The van der Waals surface area contributed by atoms with Crippen molar-refractivity contribution in [2.75, 3.05) is 19.0 Å². The largest absolute Gasteiger partial charge is 0.497 e. The van der Waals surface area contributed by atoms with E-state index in [2.05, 4.69) is 5.32 Å². The van der Waals surface area contributed by atoms with Gasteiger partial charge in [0.15, 0.2) is 6.61 Å². The van der Waals surface area contributed by atoms with Gasteiger partial charge in [-0.05, 0) is 24.3 Å². The predicted octanol–water partition coefficient (Wildman–Crippen LogP) is 2.21. The Kier molecular flexibility index (Phi) is 5.17. The number of anilines is 1. The molecule has 0 atom stereocenters. The molecule has 1 amide bonds. The van der Waals surface area contributed by atoms with Crippen molar-refractivity contribution >= 4 is 11.6 Å². The molecule has 0 fully saturated rings. The molecule has 2 aromatic rings. The van der Waals surface area contributed by atoms with Crippen LogP contribution in [0.3, 0.4) is 0 Å². The maximum Gasteiger partial charge on any atom is 0.262 e. The minimum absolute atomic E-state index is 0.144. The molecule has 0 spiro atoms. The average molecular weight is 287 g/mol. The van der Waals surface area contributed by atoms with Gasteiger partial charge in [0.1, 0.15) is 11.5 Å². The molecule has 0 aromatic heterocycles. The topological polar surface area (TPSA) is 67.8 Å². The molecule has 0 aliphatic carbocycles. The summed E-state index contributed by atoms with van der Waals surface area (Å²) in [4.78, 5) is 11.8. The fraction of sp³-hybridized carbons (Fsp3) is 0.188. The smallest absolute Gasteiger partial charge is 0.262 e. The number of ether oxygens (including phenoxy) is 2. The van der Waals surface area contributed by atoms with Crippen molar-refractivity contribution in [3.8, 4) is 11.5 Å². The normalized spacial score (nSPS) is 10.0. The molecule has 0 unspecified atom stereocenters. The molecule has 2 rings (SSSR count). The number of para-hydroxylation sites is 1. The number of carbonyl (C=O) groups is 1. The molecule has 0 heterocycles. The average Bonchev–Trinajstić information content (AvgIpc) is 2.53. The van der Waals surface area contributed by atoms with E-state index in [0.717, 1.165) is 0 Å². The number of aliphatic hydroxyl groups excluding tert-OH is 1. The fourth-order valence-electron chi connectivity index (χ4n) is 1.79. The minimum atomic E-state index is -0.270. The number of hydrogen-bond acceptors (Lipinski definition) is 4. The second kappa shape index (κ2) is 7.31. The van der Waals surface area contributed by atoms with Gasteiger partial charge in [-0.2, -0.15) is 0 Å². The quantitative estimate of drug-likeness (QED) is 0.854. The molecule has 5 nitrogen and oxygen atoms in total. The first-order valence-electron chi connectivity index (χ1n) is 6.48. The van der Waals surface area contributed by atoms with E-state index in [0.29, 0.717) is 22.7 Å². The second-order valence-corrected chi connectivity index (χ2v) is 4.33. The van der Waals surface area contributed by atoms with E-state index < -0.39 is 0 Å². The summed E-state index contributed by atoms with van der Waals surface area (Å²) in [6, 6.07) is 14.2. The van der Waals surface area contributed by atoms with Crippen LogP contribution >= 0.6 is 0 Å². The van der Waals surface area contributed by atoms with Gasteiger partial charge in [-0.3, -0.25) is 4.79 Å². The molecule has 0 aliphatic rings. The van der Waals surface area contributed by atoms with Gasteiger partial charge >= 0.3 is 0 Å². The van der Waals surface area contributed by atoms with Gasteiger partial charge < -0.3 is 19.9 Å². The third-order valence-electron chi connectivity index (χ3n) is 2.86. The minimum Gasteiger partial charge on any atom is -0.497 e. The Balaban J connectivity index is 1.97. The van der Waals surface area contributed by atoms with Crippen LogP contribution in [0.25, 0.3) is 0 Å². The van der Waals surface area contributed by atoms with Crippen LogP contribution in [-0.2, 0) is 11.4 Å². The Morgan fingerprint density at radius 2 is 1.95 bits per heavy atom. The van der Waals surface area contributed by atoms with Gasteiger partial charge in [-0.1, -0.05) is 18.2 Å². The van der Waals surface area contributed by atoms with E-state index in [1.165, 1.54) is 0 Å². The number of amides is 1. The van der Waals surface area contributed by atoms with Gasteiger partial charge in [0.25, 0.3) is 5.91 Å². The van der Waals surface area contributed by atoms with Crippen molar-refractivity contribution in [3.63, 3.8) is 0 Å². The summed E-state index contributed by atoms with van der Waals surface area (Å²) in [5, 5.41) is 12.0. The summed E-state index contributed by atoms with van der Waals surface area (Å²) in [6.45, 7) is -0.311.